The van der Waals surface area contributed by atoms with Crippen LogP contribution in [0.2, 0.25) is 5.02 Å². The molecule has 96 valence electrons. The van der Waals surface area contributed by atoms with E-state index in [4.69, 9.17) is 26.6 Å². The minimum Gasteiger partial charge on any atom is -0.383 e. The first kappa shape index (κ1) is 13.5. The van der Waals surface area contributed by atoms with Gasteiger partial charge in [-0.05, 0) is 18.2 Å². The third-order valence-electron chi connectivity index (χ3n) is 2.28. The Hall–Kier alpha value is -0.950. The van der Waals surface area contributed by atoms with Gasteiger partial charge in [-0.25, -0.2) is 0 Å². The van der Waals surface area contributed by atoms with Crippen LogP contribution in [0.3, 0.4) is 0 Å². The zero-order chi connectivity index (χ0) is 13.1. The molecule has 0 aliphatic carbocycles. The largest absolute Gasteiger partial charge is 0.383 e. The summed E-state index contributed by atoms with van der Waals surface area (Å²) in [6.45, 7) is 0.325. The maximum atomic E-state index is 6.08. The summed E-state index contributed by atoms with van der Waals surface area (Å²) in [7, 11) is 1.56. The summed E-state index contributed by atoms with van der Waals surface area (Å²) in [6, 6.07) is 4.97. The molecule has 0 saturated carbocycles. The van der Waals surface area contributed by atoms with Crippen LogP contribution in [0.25, 0.3) is 11.5 Å². The van der Waals surface area contributed by atoms with Crippen molar-refractivity contribution in [1.29, 1.82) is 0 Å². The molecule has 0 bridgehead atoms. The van der Waals surface area contributed by atoms with Crippen LogP contribution in [0.15, 0.2) is 27.2 Å². The van der Waals surface area contributed by atoms with Gasteiger partial charge in [-0.2, -0.15) is 4.98 Å². The lowest BCUT2D eigenvalue weighted by Gasteiger charge is -2.03. The normalized spacial score (nSPS) is 12.7. The van der Waals surface area contributed by atoms with Crippen molar-refractivity contribution in [3.8, 4) is 11.5 Å². The number of ether oxygens (including phenoxy) is 1. The van der Waals surface area contributed by atoms with Crippen LogP contribution in [-0.4, -0.2) is 23.9 Å². The number of benzene rings is 1. The van der Waals surface area contributed by atoms with E-state index in [1.807, 2.05) is 12.1 Å². The molecule has 1 aromatic carbocycles. The van der Waals surface area contributed by atoms with Gasteiger partial charge in [0.15, 0.2) is 5.82 Å². The Balaban J connectivity index is 2.32. The highest BCUT2D eigenvalue weighted by Crippen LogP contribution is 2.29. The fourth-order valence-corrected chi connectivity index (χ4v) is 1.97. The smallest absolute Gasteiger partial charge is 0.259 e. The molecule has 0 radical (unpaired) electrons. The third kappa shape index (κ3) is 2.89. The number of nitrogens with two attached hydrogens (primary N) is 1. The molecule has 18 heavy (non-hydrogen) atoms. The van der Waals surface area contributed by atoms with Gasteiger partial charge in [0, 0.05) is 11.6 Å². The molecule has 1 aromatic heterocycles. The average molecular weight is 333 g/mol. The van der Waals surface area contributed by atoms with Gasteiger partial charge in [0.05, 0.1) is 23.2 Å². The lowest BCUT2D eigenvalue weighted by Crippen LogP contribution is -2.17. The van der Waals surface area contributed by atoms with Crippen molar-refractivity contribution in [3.63, 3.8) is 0 Å². The van der Waals surface area contributed by atoms with E-state index in [1.54, 1.807) is 13.2 Å². The number of rotatable bonds is 4. The Morgan fingerprint density at radius 1 is 1.56 bits per heavy atom. The van der Waals surface area contributed by atoms with Gasteiger partial charge in [0.2, 0.25) is 0 Å². The first-order chi connectivity index (χ1) is 8.61. The van der Waals surface area contributed by atoms with E-state index in [-0.39, 0.29) is 0 Å². The summed E-state index contributed by atoms with van der Waals surface area (Å²) in [4.78, 5) is 4.21. The van der Waals surface area contributed by atoms with Crippen LogP contribution in [0.4, 0.5) is 0 Å². The number of halogens is 2. The predicted octanol–water partition coefficient (Wildman–Crippen LogP) is 2.80. The van der Waals surface area contributed by atoms with Crippen LogP contribution in [-0.2, 0) is 4.74 Å². The van der Waals surface area contributed by atoms with Gasteiger partial charge in [-0.3, -0.25) is 0 Å². The summed E-state index contributed by atoms with van der Waals surface area (Å²) >= 11 is 9.44. The first-order valence-electron chi connectivity index (χ1n) is 5.15. The fourth-order valence-electron chi connectivity index (χ4n) is 1.41. The van der Waals surface area contributed by atoms with Crippen molar-refractivity contribution in [2.24, 2.45) is 5.73 Å². The third-order valence-corrected chi connectivity index (χ3v) is 3.10. The van der Waals surface area contributed by atoms with E-state index in [2.05, 4.69) is 26.1 Å². The van der Waals surface area contributed by atoms with Crippen molar-refractivity contribution in [2.75, 3.05) is 13.7 Å². The molecule has 2 rings (SSSR count). The highest BCUT2D eigenvalue weighted by molar-refractivity contribution is 9.10. The maximum Gasteiger partial charge on any atom is 0.259 e. The Morgan fingerprint density at radius 3 is 3.06 bits per heavy atom. The second kappa shape index (κ2) is 5.79. The van der Waals surface area contributed by atoms with E-state index < -0.39 is 6.04 Å². The number of hydrogen-bond acceptors (Lipinski definition) is 5. The minimum absolute atomic E-state index is 0.325. The molecule has 0 fully saturated rings. The summed E-state index contributed by atoms with van der Waals surface area (Å²) < 4.78 is 11.0. The van der Waals surface area contributed by atoms with Gasteiger partial charge in [-0.15, -0.1) is 0 Å². The van der Waals surface area contributed by atoms with Gasteiger partial charge < -0.3 is 15.0 Å². The van der Waals surface area contributed by atoms with E-state index >= 15 is 0 Å². The summed E-state index contributed by atoms with van der Waals surface area (Å²) in [5.74, 6) is 0.728. The Labute approximate surface area is 117 Å². The highest BCUT2D eigenvalue weighted by Gasteiger charge is 2.17. The van der Waals surface area contributed by atoms with Crippen molar-refractivity contribution in [1.82, 2.24) is 10.1 Å². The zero-order valence-electron chi connectivity index (χ0n) is 9.56. The first-order valence-corrected chi connectivity index (χ1v) is 6.32. The average Bonchev–Trinajstić information content (AvgIpc) is 2.82. The number of hydrogen-bond donors (Lipinski definition) is 1. The van der Waals surface area contributed by atoms with Crippen molar-refractivity contribution in [3.05, 3.63) is 33.5 Å². The van der Waals surface area contributed by atoms with E-state index in [1.165, 1.54) is 0 Å². The second-order valence-corrected chi connectivity index (χ2v) is 4.97. The Bertz CT molecular complexity index is 547. The zero-order valence-corrected chi connectivity index (χ0v) is 11.9. The lowest BCUT2D eigenvalue weighted by atomic mass is 10.2. The molecule has 1 atom stereocenters. The maximum absolute atomic E-state index is 6.08. The SMILES string of the molecule is COCC(N)c1noc(-c2cc(Br)ccc2Cl)n1. The van der Waals surface area contributed by atoms with Crippen molar-refractivity contribution < 1.29 is 9.26 Å². The van der Waals surface area contributed by atoms with Crippen molar-refractivity contribution >= 4 is 27.5 Å². The highest BCUT2D eigenvalue weighted by atomic mass is 79.9. The molecule has 0 aliphatic heterocycles. The molecule has 0 spiro atoms. The summed E-state index contributed by atoms with van der Waals surface area (Å²) in [6.07, 6.45) is 0. The van der Waals surface area contributed by atoms with Crippen LogP contribution in [0.1, 0.15) is 11.9 Å². The predicted molar refractivity (Wildman–Crippen MR) is 71.2 cm³/mol. The summed E-state index contributed by atoms with van der Waals surface area (Å²) in [5, 5.41) is 4.35. The van der Waals surface area contributed by atoms with Crippen LogP contribution < -0.4 is 5.73 Å². The molecule has 1 unspecified atom stereocenters. The molecular formula is C11H11BrClN3O2. The van der Waals surface area contributed by atoms with Gasteiger partial charge in [0.25, 0.3) is 5.89 Å². The summed E-state index contributed by atoms with van der Waals surface area (Å²) in [5.41, 5.74) is 6.47. The van der Waals surface area contributed by atoms with Crippen LogP contribution in [0.5, 0.6) is 0 Å². The topological polar surface area (TPSA) is 74.2 Å². The quantitative estimate of drug-likeness (QED) is 0.932. The van der Waals surface area contributed by atoms with Crippen molar-refractivity contribution in [2.45, 2.75) is 6.04 Å². The van der Waals surface area contributed by atoms with E-state index in [0.29, 0.717) is 28.9 Å². The lowest BCUT2D eigenvalue weighted by molar-refractivity contribution is 0.177. The number of aromatic nitrogens is 2. The minimum atomic E-state index is -0.418. The molecule has 5 nitrogen and oxygen atoms in total. The van der Waals surface area contributed by atoms with E-state index in [0.717, 1.165) is 4.47 Å². The Morgan fingerprint density at radius 2 is 2.33 bits per heavy atom. The molecule has 2 N–H and O–H groups in total. The monoisotopic (exact) mass is 331 g/mol. The van der Waals surface area contributed by atoms with Crippen LogP contribution >= 0.6 is 27.5 Å². The number of nitrogens with zero attached hydrogens (tertiary/aromatic N) is 2. The van der Waals surface area contributed by atoms with Gasteiger partial charge in [-0.1, -0.05) is 32.7 Å². The second-order valence-electron chi connectivity index (χ2n) is 3.64. The number of methoxy groups -OCH3 is 1. The Kier molecular flexibility index (Phi) is 4.34. The van der Waals surface area contributed by atoms with Crippen LogP contribution in [0, 0.1) is 0 Å². The molecule has 7 heteroatoms. The van der Waals surface area contributed by atoms with Gasteiger partial charge in [0.1, 0.15) is 0 Å². The molecular weight excluding hydrogens is 321 g/mol. The standard InChI is InChI=1S/C11H11BrClN3O2/c1-17-5-9(14)10-15-11(18-16-10)7-4-6(12)2-3-8(7)13/h2-4,9H,5,14H2,1H3. The van der Waals surface area contributed by atoms with E-state index in [9.17, 15) is 0 Å². The fraction of sp³-hybridized carbons (Fsp3) is 0.273. The molecule has 0 aliphatic rings. The molecule has 0 amide bonds. The molecule has 2 aromatic rings. The van der Waals surface area contributed by atoms with Gasteiger partial charge >= 0.3 is 0 Å². The molecule has 1 heterocycles. The molecule has 0 saturated heterocycles.